The van der Waals surface area contributed by atoms with Crippen LogP contribution in [0.25, 0.3) is 0 Å². The highest BCUT2D eigenvalue weighted by molar-refractivity contribution is 7.45. The predicted molar refractivity (Wildman–Crippen MR) is 335 cm³/mol. The number of phosphoric ester groups is 1. The third-order valence-electron chi connectivity index (χ3n) is 15.6. The van der Waals surface area contributed by atoms with Crippen molar-refractivity contribution in [1.82, 2.24) is 5.32 Å². The number of aliphatic hydroxyl groups excluding tert-OH is 1. The molecule has 0 bridgehead atoms. The molecule has 456 valence electrons. The van der Waals surface area contributed by atoms with Gasteiger partial charge in [-0.3, -0.25) is 9.36 Å². The standard InChI is InChI=1S/C68H133N2O6P/c1-6-8-10-12-14-16-18-20-22-24-26-27-28-29-30-31-32-33-34-35-36-37-38-39-40-41-42-43-44-46-48-50-52-54-56-58-60-62-68(72)69-66(65-76-77(73,74)75-64-63-70(3,4)5)67(71)61-59-57-55-53-51-49-47-45-25-23-21-19-17-15-13-11-9-7-2/h30-31,33-34,59,61,66-67,71H,6-29,32,35-58,60,62-65H2,1-5H3,(H-,69,72,73,74)/b31-30-,34-33-,61-59+. The van der Waals surface area contributed by atoms with Crippen molar-refractivity contribution in [3.63, 3.8) is 0 Å². The number of nitrogens with one attached hydrogen (secondary N) is 1. The van der Waals surface area contributed by atoms with E-state index in [1.807, 2.05) is 27.2 Å². The number of quaternary nitrogens is 1. The van der Waals surface area contributed by atoms with E-state index in [1.165, 1.54) is 276 Å². The predicted octanol–water partition coefficient (Wildman–Crippen LogP) is 20.6. The Morgan fingerprint density at radius 1 is 0.455 bits per heavy atom. The molecule has 0 saturated heterocycles. The van der Waals surface area contributed by atoms with Crippen LogP contribution in [-0.4, -0.2) is 68.5 Å². The number of hydrogen-bond donors (Lipinski definition) is 2. The van der Waals surface area contributed by atoms with Crippen LogP contribution in [0.1, 0.15) is 341 Å². The van der Waals surface area contributed by atoms with Gasteiger partial charge in [0.05, 0.1) is 39.9 Å². The van der Waals surface area contributed by atoms with Gasteiger partial charge in [0.15, 0.2) is 0 Å². The third kappa shape index (κ3) is 62.2. The van der Waals surface area contributed by atoms with Crippen LogP contribution in [0.15, 0.2) is 36.5 Å². The van der Waals surface area contributed by atoms with Crippen molar-refractivity contribution in [3.8, 4) is 0 Å². The first-order valence-corrected chi connectivity index (χ1v) is 35.3. The summed E-state index contributed by atoms with van der Waals surface area (Å²) in [7, 11) is 1.27. The van der Waals surface area contributed by atoms with Gasteiger partial charge in [-0.2, -0.15) is 0 Å². The molecular weight excluding hydrogens is 972 g/mol. The monoisotopic (exact) mass is 1100 g/mol. The highest BCUT2D eigenvalue weighted by Crippen LogP contribution is 2.38. The summed E-state index contributed by atoms with van der Waals surface area (Å²) in [4.78, 5) is 25.6. The Bertz CT molecular complexity index is 1350. The molecule has 9 heteroatoms. The first-order valence-electron chi connectivity index (χ1n) is 33.9. The average Bonchev–Trinajstić information content (AvgIpc) is 3.39. The van der Waals surface area contributed by atoms with Crippen molar-refractivity contribution in [2.24, 2.45) is 0 Å². The molecule has 0 spiro atoms. The van der Waals surface area contributed by atoms with Gasteiger partial charge in [0.2, 0.25) is 5.91 Å². The van der Waals surface area contributed by atoms with Gasteiger partial charge in [-0.05, 0) is 51.4 Å². The summed E-state index contributed by atoms with van der Waals surface area (Å²) in [6.45, 7) is 4.70. The normalized spacial score (nSPS) is 13.9. The number of hydrogen-bond acceptors (Lipinski definition) is 6. The molecule has 0 aliphatic heterocycles. The van der Waals surface area contributed by atoms with Gasteiger partial charge >= 0.3 is 0 Å². The molecule has 1 amide bonds. The summed E-state index contributed by atoms with van der Waals surface area (Å²) in [5.74, 6) is -0.192. The summed E-state index contributed by atoms with van der Waals surface area (Å²) in [5, 5.41) is 13.9. The van der Waals surface area contributed by atoms with Crippen molar-refractivity contribution in [1.29, 1.82) is 0 Å². The molecule has 0 aliphatic rings. The maximum atomic E-state index is 13.0. The molecule has 3 atom stereocenters. The van der Waals surface area contributed by atoms with Crippen molar-refractivity contribution < 1.29 is 32.9 Å². The summed E-state index contributed by atoms with van der Waals surface area (Å²) in [6.07, 6.45) is 78.3. The SMILES string of the molecule is CCCCCCCCCCCCCCC/C=C\C/C=C\CCCCCCCCCCCCCCCCCCCC(=O)NC(COP(=O)([O-])OCC[N+](C)(C)C)C(O)/C=C/CCCCCCCCCCCCCCCCCC. The lowest BCUT2D eigenvalue weighted by atomic mass is 10.0. The van der Waals surface area contributed by atoms with Gasteiger partial charge < -0.3 is 28.8 Å². The van der Waals surface area contributed by atoms with E-state index >= 15 is 0 Å². The maximum absolute atomic E-state index is 13.0. The molecule has 0 heterocycles. The molecule has 0 fully saturated rings. The number of carbonyl (C=O) groups is 1. The zero-order valence-corrected chi connectivity index (χ0v) is 53.1. The van der Waals surface area contributed by atoms with Crippen LogP contribution in [0.2, 0.25) is 0 Å². The Hall–Kier alpha value is -1.28. The van der Waals surface area contributed by atoms with Gasteiger partial charge in [-0.25, -0.2) is 0 Å². The fraction of sp³-hybridized carbons (Fsp3) is 0.897. The number of unbranched alkanes of at least 4 members (excludes halogenated alkanes) is 46. The van der Waals surface area contributed by atoms with Gasteiger partial charge in [-0.15, -0.1) is 0 Å². The number of carbonyl (C=O) groups excluding carboxylic acids is 1. The molecule has 2 N–H and O–H groups in total. The molecular formula is C68H133N2O6P. The van der Waals surface area contributed by atoms with Gasteiger partial charge in [0.25, 0.3) is 7.82 Å². The van der Waals surface area contributed by atoms with Crippen LogP contribution in [0.5, 0.6) is 0 Å². The Balaban J connectivity index is 3.97. The van der Waals surface area contributed by atoms with Crippen LogP contribution in [0.4, 0.5) is 0 Å². The van der Waals surface area contributed by atoms with E-state index in [2.05, 4.69) is 43.5 Å². The van der Waals surface area contributed by atoms with Gasteiger partial charge in [0.1, 0.15) is 13.2 Å². The van der Waals surface area contributed by atoms with Crippen molar-refractivity contribution >= 4 is 13.7 Å². The number of allylic oxidation sites excluding steroid dienone is 5. The number of amides is 1. The second-order valence-corrected chi connectivity index (χ2v) is 25.9. The molecule has 0 aromatic carbocycles. The van der Waals surface area contributed by atoms with E-state index in [-0.39, 0.29) is 19.1 Å². The fourth-order valence-corrected chi connectivity index (χ4v) is 11.0. The lowest BCUT2D eigenvalue weighted by Gasteiger charge is -2.29. The Morgan fingerprint density at radius 3 is 1.08 bits per heavy atom. The van der Waals surface area contributed by atoms with Crippen LogP contribution in [0, 0.1) is 0 Å². The minimum absolute atomic E-state index is 0.000577. The van der Waals surface area contributed by atoms with E-state index in [0.717, 1.165) is 44.9 Å². The lowest BCUT2D eigenvalue weighted by molar-refractivity contribution is -0.870. The summed E-state index contributed by atoms with van der Waals surface area (Å²) in [6, 6.07) is -0.886. The van der Waals surface area contributed by atoms with Crippen molar-refractivity contribution in [2.75, 3.05) is 40.9 Å². The molecule has 0 radical (unpaired) electrons. The van der Waals surface area contributed by atoms with Crippen molar-refractivity contribution in [3.05, 3.63) is 36.5 Å². The van der Waals surface area contributed by atoms with Gasteiger partial charge in [-0.1, -0.05) is 320 Å². The molecule has 3 unspecified atom stereocenters. The molecule has 0 rings (SSSR count). The Morgan fingerprint density at radius 2 is 0.753 bits per heavy atom. The largest absolute Gasteiger partial charge is 0.756 e. The molecule has 0 aliphatic carbocycles. The Labute approximate surface area is 480 Å². The second kappa shape index (κ2) is 59.3. The summed E-state index contributed by atoms with van der Waals surface area (Å²) in [5.41, 5.74) is 0. The van der Waals surface area contributed by atoms with Crippen LogP contribution >= 0.6 is 7.82 Å². The van der Waals surface area contributed by atoms with Crippen LogP contribution < -0.4 is 10.2 Å². The number of nitrogens with zero attached hydrogens (tertiary/aromatic N) is 1. The third-order valence-corrected chi connectivity index (χ3v) is 16.6. The summed E-state index contributed by atoms with van der Waals surface area (Å²) < 4.78 is 23.4. The zero-order chi connectivity index (χ0) is 56.3. The van der Waals surface area contributed by atoms with Crippen LogP contribution in [0.3, 0.4) is 0 Å². The Kier molecular flexibility index (Phi) is 58.4. The second-order valence-electron chi connectivity index (χ2n) is 24.5. The lowest BCUT2D eigenvalue weighted by Crippen LogP contribution is -2.45. The number of aliphatic hydroxyl groups is 1. The van der Waals surface area contributed by atoms with E-state index in [9.17, 15) is 19.4 Å². The highest BCUT2D eigenvalue weighted by atomic mass is 31.2. The minimum Gasteiger partial charge on any atom is -0.756 e. The quantitative estimate of drug-likeness (QED) is 0.0272. The number of rotatable bonds is 63. The van der Waals surface area contributed by atoms with E-state index < -0.39 is 20.0 Å². The summed E-state index contributed by atoms with van der Waals surface area (Å²) >= 11 is 0. The topological polar surface area (TPSA) is 108 Å². The molecule has 0 saturated carbocycles. The van der Waals surface area contributed by atoms with Crippen molar-refractivity contribution in [2.45, 2.75) is 353 Å². The highest BCUT2D eigenvalue weighted by Gasteiger charge is 2.23. The molecule has 77 heavy (non-hydrogen) atoms. The van der Waals surface area contributed by atoms with Crippen LogP contribution in [-0.2, 0) is 18.4 Å². The first-order chi connectivity index (χ1) is 37.5. The van der Waals surface area contributed by atoms with E-state index in [0.29, 0.717) is 17.4 Å². The minimum atomic E-state index is -4.60. The zero-order valence-electron chi connectivity index (χ0n) is 52.2. The number of phosphoric acid groups is 1. The average molecular weight is 1110 g/mol. The molecule has 0 aromatic rings. The van der Waals surface area contributed by atoms with E-state index in [4.69, 9.17) is 9.05 Å². The van der Waals surface area contributed by atoms with Gasteiger partial charge in [0, 0.05) is 6.42 Å². The maximum Gasteiger partial charge on any atom is 0.268 e. The smallest absolute Gasteiger partial charge is 0.268 e. The van der Waals surface area contributed by atoms with E-state index in [1.54, 1.807) is 6.08 Å². The molecule has 0 aromatic heterocycles. The molecule has 8 nitrogen and oxygen atoms in total. The number of likely N-dealkylation sites (N-methyl/N-ethyl adjacent to an activating group) is 1. The fourth-order valence-electron chi connectivity index (χ4n) is 10.3. The first kappa shape index (κ1) is 75.7.